The number of benzene rings is 1. The van der Waals surface area contributed by atoms with Crippen molar-refractivity contribution in [2.24, 2.45) is 0 Å². The zero-order valence-electron chi connectivity index (χ0n) is 14.2. The third kappa shape index (κ3) is 45.7. The molecule has 0 aliphatic heterocycles. The Morgan fingerprint density at radius 3 is 1.05 bits per heavy atom. The lowest BCUT2D eigenvalue weighted by atomic mass is 10.2. The van der Waals surface area contributed by atoms with Crippen molar-refractivity contribution in [1.29, 1.82) is 0 Å². The highest BCUT2D eigenvalue weighted by molar-refractivity contribution is 5.19. The van der Waals surface area contributed by atoms with Crippen molar-refractivity contribution in [3.63, 3.8) is 0 Å². The average molecular weight is 293 g/mol. The smallest absolute Gasteiger partial charge is 0.00271 e. The minimum atomic E-state index is 0. The van der Waals surface area contributed by atoms with E-state index in [1.54, 1.807) is 0 Å². The third-order valence-electron chi connectivity index (χ3n) is 1.80. The van der Waals surface area contributed by atoms with Crippen LogP contribution in [0.4, 0.5) is 0 Å². The fourth-order valence-corrected chi connectivity index (χ4v) is 0.637. The molecule has 0 nitrogen and oxygen atoms in total. The Kier molecular flexibility index (Phi) is 47.0. The van der Waals surface area contributed by atoms with Gasteiger partial charge in [-0.3, -0.25) is 0 Å². The van der Waals surface area contributed by atoms with E-state index in [1.165, 1.54) is 17.5 Å². The zero-order chi connectivity index (χ0) is 15.5. The van der Waals surface area contributed by atoms with Crippen LogP contribution < -0.4 is 0 Å². The fourth-order valence-electron chi connectivity index (χ4n) is 0.637. The molecule has 0 heteroatoms. The number of aryl methyl sites for hydroxylation is 2. The Bertz CT molecular complexity index is 300. The molecule has 1 rings (SSSR count). The van der Waals surface area contributed by atoms with Crippen LogP contribution in [0.3, 0.4) is 0 Å². The molecule has 0 fully saturated rings. The van der Waals surface area contributed by atoms with Crippen molar-refractivity contribution in [2.45, 2.75) is 76.7 Å². The summed E-state index contributed by atoms with van der Waals surface area (Å²) < 4.78 is 0. The predicted molar refractivity (Wildman–Crippen MR) is 105 cm³/mol. The first-order valence-corrected chi connectivity index (χ1v) is 6.97. The van der Waals surface area contributed by atoms with Gasteiger partial charge < -0.3 is 0 Å². The number of allylic oxidation sites excluding steroid dienone is 2. The summed E-state index contributed by atoms with van der Waals surface area (Å²) in [5.74, 6) is 5.36. The van der Waals surface area contributed by atoms with Crippen LogP contribution in [0.2, 0.25) is 0 Å². The molecule has 0 heterocycles. The first-order valence-electron chi connectivity index (χ1n) is 6.97. The summed E-state index contributed by atoms with van der Waals surface area (Å²) in [6.07, 6.45) is 5.25. The van der Waals surface area contributed by atoms with Crippen molar-refractivity contribution in [2.75, 3.05) is 0 Å². The SMILES string of the molecule is C.C.C/C=C/C.CC#CC.CCC.Cc1ccc(C)cc1. The van der Waals surface area contributed by atoms with Gasteiger partial charge >= 0.3 is 0 Å². The van der Waals surface area contributed by atoms with Crippen molar-refractivity contribution in [3.05, 3.63) is 47.5 Å². The summed E-state index contributed by atoms with van der Waals surface area (Å²) in [4.78, 5) is 0. The van der Waals surface area contributed by atoms with Gasteiger partial charge in [-0.2, -0.15) is 0 Å². The number of hydrogen-bond donors (Lipinski definition) is 0. The molecule has 0 radical (unpaired) electrons. The molecule has 0 saturated heterocycles. The van der Waals surface area contributed by atoms with Crippen LogP contribution >= 0.6 is 0 Å². The molecule has 0 atom stereocenters. The van der Waals surface area contributed by atoms with E-state index in [-0.39, 0.29) is 14.9 Å². The second-order valence-electron chi connectivity index (χ2n) is 4.03. The van der Waals surface area contributed by atoms with Crippen LogP contribution in [0.25, 0.3) is 0 Å². The van der Waals surface area contributed by atoms with E-state index >= 15 is 0 Å². The minimum absolute atomic E-state index is 0. The Morgan fingerprint density at radius 2 is 0.952 bits per heavy atom. The molecule has 0 aliphatic rings. The Balaban J connectivity index is -0.0000000576. The van der Waals surface area contributed by atoms with Gasteiger partial charge in [0.15, 0.2) is 0 Å². The number of rotatable bonds is 0. The van der Waals surface area contributed by atoms with Crippen LogP contribution in [0, 0.1) is 25.7 Å². The molecular weight excluding hydrogens is 252 g/mol. The molecule has 0 aromatic heterocycles. The van der Waals surface area contributed by atoms with Gasteiger partial charge in [-0.1, -0.05) is 82.7 Å². The van der Waals surface area contributed by atoms with E-state index in [9.17, 15) is 0 Å². The second kappa shape index (κ2) is 31.1. The van der Waals surface area contributed by atoms with Crippen LogP contribution in [0.1, 0.15) is 73.9 Å². The molecular formula is C21H40. The maximum Gasteiger partial charge on any atom is -0.00271 e. The molecule has 0 spiro atoms. The van der Waals surface area contributed by atoms with E-state index in [1.807, 2.05) is 39.8 Å². The quantitative estimate of drug-likeness (QED) is 0.341. The molecule has 0 amide bonds. The van der Waals surface area contributed by atoms with Crippen molar-refractivity contribution in [3.8, 4) is 11.8 Å². The maximum absolute atomic E-state index is 2.68. The molecule has 0 aliphatic carbocycles. The molecule has 1 aromatic carbocycles. The highest BCUT2D eigenvalue weighted by atomic mass is 13.9. The van der Waals surface area contributed by atoms with Crippen LogP contribution in [-0.4, -0.2) is 0 Å². The first kappa shape index (κ1) is 31.8. The van der Waals surface area contributed by atoms with Crippen molar-refractivity contribution < 1.29 is 0 Å². The largest absolute Gasteiger partial charge is 0.107 e. The van der Waals surface area contributed by atoms with Crippen molar-refractivity contribution in [1.82, 2.24) is 0 Å². The van der Waals surface area contributed by atoms with Crippen LogP contribution in [0.15, 0.2) is 36.4 Å². The highest BCUT2D eigenvalue weighted by Crippen LogP contribution is 1.99. The Hall–Kier alpha value is -1.48. The van der Waals surface area contributed by atoms with Gasteiger partial charge in [-0.25, -0.2) is 0 Å². The third-order valence-corrected chi connectivity index (χ3v) is 1.80. The molecule has 0 bridgehead atoms. The second-order valence-corrected chi connectivity index (χ2v) is 4.03. The van der Waals surface area contributed by atoms with E-state index in [2.05, 4.69) is 63.8 Å². The van der Waals surface area contributed by atoms with Gasteiger partial charge in [0.1, 0.15) is 0 Å². The Labute approximate surface area is 136 Å². The lowest BCUT2D eigenvalue weighted by molar-refractivity contribution is 1.09. The highest BCUT2D eigenvalue weighted by Gasteiger charge is 1.79. The fraction of sp³-hybridized carbons (Fsp3) is 0.524. The normalized spacial score (nSPS) is 6.86. The number of hydrogen-bond acceptors (Lipinski definition) is 0. The lowest BCUT2D eigenvalue weighted by Crippen LogP contribution is -1.70. The van der Waals surface area contributed by atoms with Gasteiger partial charge in [-0.15, -0.1) is 11.8 Å². The molecule has 21 heavy (non-hydrogen) atoms. The van der Waals surface area contributed by atoms with Gasteiger partial charge in [-0.05, 0) is 41.5 Å². The average Bonchev–Trinajstić information content (AvgIpc) is 2.43. The predicted octanol–water partition coefficient (Wildman–Crippen LogP) is 7.60. The summed E-state index contributed by atoms with van der Waals surface area (Å²) in [7, 11) is 0. The topological polar surface area (TPSA) is 0 Å². The molecule has 124 valence electrons. The van der Waals surface area contributed by atoms with E-state index in [4.69, 9.17) is 0 Å². The van der Waals surface area contributed by atoms with Crippen LogP contribution in [-0.2, 0) is 0 Å². The summed E-state index contributed by atoms with van der Waals surface area (Å²) in [6, 6.07) is 8.48. The zero-order valence-corrected chi connectivity index (χ0v) is 14.2. The van der Waals surface area contributed by atoms with E-state index < -0.39 is 0 Å². The molecule has 0 N–H and O–H groups in total. The van der Waals surface area contributed by atoms with Gasteiger partial charge in [0.05, 0.1) is 0 Å². The minimum Gasteiger partial charge on any atom is -0.107 e. The van der Waals surface area contributed by atoms with Gasteiger partial charge in [0.25, 0.3) is 0 Å². The van der Waals surface area contributed by atoms with Gasteiger partial charge in [0, 0.05) is 0 Å². The monoisotopic (exact) mass is 292 g/mol. The Morgan fingerprint density at radius 1 is 0.762 bits per heavy atom. The summed E-state index contributed by atoms with van der Waals surface area (Å²) in [6.45, 7) is 16.1. The first-order chi connectivity index (χ1) is 9.03. The summed E-state index contributed by atoms with van der Waals surface area (Å²) >= 11 is 0. The van der Waals surface area contributed by atoms with E-state index in [0.717, 1.165) is 0 Å². The van der Waals surface area contributed by atoms with Crippen LogP contribution in [0.5, 0.6) is 0 Å². The molecule has 1 aromatic rings. The van der Waals surface area contributed by atoms with Gasteiger partial charge in [0.2, 0.25) is 0 Å². The molecule has 0 saturated carbocycles. The molecule has 0 unspecified atom stereocenters. The summed E-state index contributed by atoms with van der Waals surface area (Å²) in [5.41, 5.74) is 2.66. The summed E-state index contributed by atoms with van der Waals surface area (Å²) in [5, 5.41) is 0. The maximum atomic E-state index is 2.68. The van der Waals surface area contributed by atoms with Crippen molar-refractivity contribution >= 4 is 0 Å². The van der Waals surface area contributed by atoms with E-state index in [0.29, 0.717) is 0 Å². The lowest BCUT2D eigenvalue weighted by Gasteiger charge is -1.90. The standard InChI is InChI=1S/C8H10.C4H8.C4H6.C3H8.2CH4/c1-7-3-5-8(2)6-4-7;2*1-3-4-2;1-3-2;;/h3-6H,1-2H3;3-4H,1-2H3;1-2H3;3H2,1-2H3;2*1H4/b;4-3+;;;;.